The lowest BCUT2D eigenvalue weighted by atomic mass is 9.83. The van der Waals surface area contributed by atoms with Gasteiger partial charge in [-0.15, -0.1) is 0 Å². The maximum absolute atomic E-state index is 10.3. The van der Waals surface area contributed by atoms with Gasteiger partial charge in [-0.05, 0) is 41.8 Å². The highest BCUT2D eigenvalue weighted by atomic mass is 79.9. The summed E-state index contributed by atoms with van der Waals surface area (Å²) in [4.78, 5) is 4.25. The third kappa shape index (κ3) is 3.02. The van der Waals surface area contributed by atoms with Gasteiger partial charge in [0, 0.05) is 10.5 Å². The molecule has 1 aliphatic rings. The van der Waals surface area contributed by atoms with E-state index >= 15 is 0 Å². The molecule has 1 fully saturated rings. The van der Waals surface area contributed by atoms with Crippen molar-refractivity contribution in [2.24, 2.45) is 0 Å². The van der Waals surface area contributed by atoms with Crippen LogP contribution in [0, 0.1) is 6.92 Å². The second kappa shape index (κ2) is 5.55. The Morgan fingerprint density at radius 1 is 1.50 bits per heavy atom. The van der Waals surface area contributed by atoms with E-state index in [0.29, 0.717) is 18.7 Å². The minimum absolute atomic E-state index is 0.0856. The zero-order valence-electron chi connectivity index (χ0n) is 10.4. The molecule has 0 spiro atoms. The number of nitrogens with zero attached hydrogens (tertiary/aromatic N) is 1. The van der Waals surface area contributed by atoms with Crippen LogP contribution >= 0.6 is 15.9 Å². The van der Waals surface area contributed by atoms with Crippen molar-refractivity contribution in [1.29, 1.82) is 0 Å². The van der Waals surface area contributed by atoms with Gasteiger partial charge in [-0.2, -0.15) is 0 Å². The average Bonchev–Trinajstić information content (AvgIpc) is 2.35. The van der Waals surface area contributed by atoms with Gasteiger partial charge in [0.15, 0.2) is 0 Å². The highest BCUT2D eigenvalue weighted by molar-refractivity contribution is 9.10. The van der Waals surface area contributed by atoms with E-state index in [2.05, 4.69) is 20.9 Å². The quantitative estimate of drug-likeness (QED) is 0.897. The smallest absolute Gasteiger partial charge is 0.213 e. The Kier molecular flexibility index (Phi) is 4.25. The summed E-state index contributed by atoms with van der Waals surface area (Å²) in [5.41, 5.74) is -0.301. The van der Waals surface area contributed by atoms with E-state index in [1.807, 2.05) is 13.0 Å². The van der Waals surface area contributed by atoms with Crippen molar-refractivity contribution in [3.05, 3.63) is 22.3 Å². The van der Waals surface area contributed by atoms with Crippen molar-refractivity contribution in [3.63, 3.8) is 0 Å². The predicted molar refractivity (Wildman–Crippen MR) is 71.6 cm³/mol. The lowest BCUT2D eigenvalue weighted by molar-refractivity contribution is -0.121. The standard InChI is InChI=1S/C13H18BrNO3/c1-9-10(14)5-6-12(15-9)18-8-13(17)7-3-2-4-11(13)16/h5-6,11,16-17H,2-4,7-8H2,1H3/t11-,13-/m0/s1. The van der Waals surface area contributed by atoms with Crippen LogP contribution in [0.2, 0.25) is 0 Å². The van der Waals surface area contributed by atoms with Crippen LogP contribution in [-0.4, -0.2) is 33.5 Å². The number of aliphatic hydroxyl groups excluding tert-OH is 1. The molecule has 2 atom stereocenters. The van der Waals surface area contributed by atoms with E-state index < -0.39 is 11.7 Å². The Bertz CT molecular complexity index is 427. The topological polar surface area (TPSA) is 62.6 Å². The molecule has 0 bridgehead atoms. The minimum Gasteiger partial charge on any atom is -0.474 e. The molecule has 1 aromatic heterocycles. The first-order valence-electron chi connectivity index (χ1n) is 6.18. The number of hydrogen-bond donors (Lipinski definition) is 2. The van der Waals surface area contributed by atoms with Gasteiger partial charge in [0.2, 0.25) is 5.88 Å². The third-order valence-electron chi connectivity index (χ3n) is 3.42. The fourth-order valence-electron chi connectivity index (χ4n) is 2.17. The summed E-state index contributed by atoms with van der Waals surface area (Å²) in [6.07, 6.45) is 2.38. The summed E-state index contributed by atoms with van der Waals surface area (Å²) in [7, 11) is 0. The van der Waals surface area contributed by atoms with Crippen molar-refractivity contribution < 1.29 is 14.9 Å². The number of halogens is 1. The van der Waals surface area contributed by atoms with E-state index in [9.17, 15) is 10.2 Å². The molecule has 0 saturated heterocycles. The van der Waals surface area contributed by atoms with E-state index in [4.69, 9.17) is 4.74 Å². The number of rotatable bonds is 3. The Hall–Kier alpha value is -0.650. The van der Waals surface area contributed by atoms with Crippen LogP contribution in [0.1, 0.15) is 31.4 Å². The molecule has 1 heterocycles. The number of ether oxygens (including phenoxy) is 1. The Morgan fingerprint density at radius 2 is 2.28 bits per heavy atom. The van der Waals surface area contributed by atoms with Crippen molar-refractivity contribution in [2.75, 3.05) is 6.61 Å². The van der Waals surface area contributed by atoms with Crippen molar-refractivity contribution in [2.45, 2.75) is 44.3 Å². The molecule has 18 heavy (non-hydrogen) atoms. The number of aliphatic hydroxyl groups is 2. The highest BCUT2D eigenvalue weighted by Crippen LogP contribution is 2.29. The van der Waals surface area contributed by atoms with Crippen LogP contribution in [0.4, 0.5) is 0 Å². The Balaban J connectivity index is 1.99. The molecular formula is C13H18BrNO3. The van der Waals surface area contributed by atoms with Gasteiger partial charge in [-0.3, -0.25) is 0 Å². The third-order valence-corrected chi connectivity index (χ3v) is 4.26. The van der Waals surface area contributed by atoms with Crippen LogP contribution in [0.5, 0.6) is 5.88 Å². The van der Waals surface area contributed by atoms with E-state index in [1.54, 1.807) is 6.07 Å². The molecule has 5 heteroatoms. The fraction of sp³-hybridized carbons (Fsp3) is 0.615. The molecule has 1 saturated carbocycles. The molecule has 1 aromatic rings. The Labute approximate surface area is 115 Å². The van der Waals surface area contributed by atoms with E-state index in [1.165, 1.54) is 0 Å². The molecule has 0 aromatic carbocycles. The highest BCUT2D eigenvalue weighted by Gasteiger charge is 2.38. The summed E-state index contributed by atoms with van der Waals surface area (Å²) in [6.45, 7) is 1.96. The second-order valence-electron chi connectivity index (χ2n) is 4.87. The van der Waals surface area contributed by atoms with Crippen molar-refractivity contribution in [3.8, 4) is 5.88 Å². The second-order valence-corrected chi connectivity index (χ2v) is 5.72. The molecule has 1 aliphatic carbocycles. The monoisotopic (exact) mass is 315 g/mol. The molecular weight excluding hydrogens is 298 g/mol. The Morgan fingerprint density at radius 3 is 2.94 bits per heavy atom. The summed E-state index contributed by atoms with van der Waals surface area (Å²) < 4.78 is 6.44. The van der Waals surface area contributed by atoms with Gasteiger partial charge in [-0.1, -0.05) is 12.8 Å². The summed E-state index contributed by atoms with van der Waals surface area (Å²) in [6, 6.07) is 3.61. The first kappa shape index (κ1) is 13.8. The van der Waals surface area contributed by atoms with Gasteiger partial charge in [-0.25, -0.2) is 4.98 Å². The summed E-state index contributed by atoms with van der Waals surface area (Å²) in [5, 5.41) is 20.2. The van der Waals surface area contributed by atoms with Crippen molar-refractivity contribution in [1.82, 2.24) is 4.98 Å². The molecule has 0 amide bonds. The minimum atomic E-state index is -1.14. The molecule has 0 radical (unpaired) electrons. The van der Waals surface area contributed by atoms with Crippen LogP contribution in [0.25, 0.3) is 0 Å². The van der Waals surface area contributed by atoms with Crippen LogP contribution in [0.15, 0.2) is 16.6 Å². The van der Waals surface area contributed by atoms with Crippen LogP contribution in [0.3, 0.4) is 0 Å². The molecule has 0 aliphatic heterocycles. The zero-order chi connectivity index (χ0) is 13.2. The lowest BCUT2D eigenvalue weighted by Gasteiger charge is -2.36. The van der Waals surface area contributed by atoms with E-state index in [0.717, 1.165) is 23.0 Å². The van der Waals surface area contributed by atoms with Crippen LogP contribution < -0.4 is 4.74 Å². The number of hydrogen-bond acceptors (Lipinski definition) is 4. The molecule has 0 unspecified atom stereocenters. The normalized spacial score (nSPS) is 28.1. The maximum atomic E-state index is 10.3. The predicted octanol–water partition coefficient (Wildman–Crippen LogP) is 2.20. The van der Waals surface area contributed by atoms with E-state index in [-0.39, 0.29) is 6.61 Å². The molecule has 100 valence electrons. The fourth-order valence-corrected chi connectivity index (χ4v) is 2.39. The van der Waals surface area contributed by atoms with Crippen LogP contribution in [-0.2, 0) is 0 Å². The first-order valence-corrected chi connectivity index (χ1v) is 6.97. The first-order chi connectivity index (χ1) is 8.51. The number of aromatic nitrogens is 1. The number of aryl methyl sites for hydroxylation is 1. The lowest BCUT2D eigenvalue weighted by Crippen LogP contribution is -2.49. The van der Waals surface area contributed by atoms with Gasteiger partial charge in [0.25, 0.3) is 0 Å². The van der Waals surface area contributed by atoms with Gasteiger partial charge in [0.05, 0.1) is 11.8 Å². The molecule has 4 nitrogen and oxygen atoms in total. The molecule has 2 N–H and O–H groups in total. The zero-order valence-corrected chi connectivity index (χ0v) is 12.0. The molecule has 2 rings (SSSR count). The summed E-state index contributed by atoms with van der Waals surface area (Å²) >= 11 is 3.37. The average molecular weight is 316 g/mol. The van der Waals surface area contributed by atoms with Crippen molar-refractivity contribution >= 4 is 15.9 Å². The van der Waals surface area contributed by atoms with Gasteiger partial charge < -0.3 is 14.9 Å². The SMILES string of the molecule is Cc1nc(OC[C@@]2(O)CCCC[C@@H]2O)ccc1Br. The van der Waals surface area contributed by atoms with Gasteiger partial charge >= 0.3 is 0 Å². The van der Waals surface area contributed by atoms with Gasteiger partial charge in [0.1, 0.15) is 12.2 Å². The number of pyridine rings is 1. The largest absolute Gasteiger partial charge is 0.474 e. The maximum Gasteiger partial charge on any atom is 0.213 e. The summed E-state index contributed by atoms with van der Waals surface area (Å²) in [5.74, 6) is 0.474.